The summed E-state index contributed by atoms with van der Waals surface area (Å²) in [5, 5.41) is 12.6. The van der Waals surface area contributed by atoms with Gasteiger partial charge in [-0.2, -0.15) is 0 Å². The molecule has 0 aliphatic carbocycles. The van der Waals surface area contributed by atoms with Crippen LogP contribution in [0.1, 0.15) is 0 Å². The van der Waals surface area contributed by atoms with Gasteiger partial charge in [0.2, 0.25) is 0 Å². The lowest BCUT2D eigenvalue weighted by Crippen LogP contribution is -2.07. The lowest BCUT2D eigenvalue weighted by molar-refractivity contribution is 0.210. The molecule has 0 aliphatic heterocycles. The van der Waals surface area contributed by atoms with Crippen molar-refractivity contribution in [1.82, 2.24) is 0 Å². The van der Waals surface area contributed by atoms with Gasteiger partial charge >= 0.3 is 6.09 Å². The van der Waals surface area contributed by atoms with Crippen molar-refractivity contribution in [2.24, 2.45) is 0 Å². The molecule has 1 aromatic heterocycles. The molecule has 0 bridgehead atoms. The summed E-state index contributed by atoms with van der Waals surface area (Å²) >= 11 is 5.94. The Morgan fingerprint density at radius 2 is 2.21 bits per heavy atom. The third-order valence-electron chi connectivity index (χ3n) is 1.84. The SMILES string of the molecule is O=C(O)Nc1ccc2cocc2c1Cl. The maximum Gasteiger partial charge on any atom is 0.409 e. The third kappa shape index (κ3) is 1.40. The summed E-state index contributed by atoms with van der Waals surface area (Å²) in [6.07, 6.45) is 1.88. The molecule has 0 radical (unpaired) electrons. The molecule has 1 heterocycles. The summed E-state index contributed by atoms with van der Waals surface area (Å²) < 4.78 is 4.95. The number of fused-ring (bicyclic) bond motifs is 1. The molecule has 5 heteroatoms. The summed E-state index contributed by atoms with van der Waals surface area (Å²) in [7, 11) is 0. The van der Waals surface area contributed by atoms with E-state index in [0.717, 1.165) is 5.39 Å². The van der Waals surface area contributed by atoms with Crippen molar-refractivity contribution in [3.63, 3.8) is 0 Å². The number of furan rings is 1. The highest BCUT2D eigenvalue weighted by atomic mass is 35.5. The van der Waals surface area contributed by atoms with Crippen LogP contribution in [0, 0.1) is 0 Å². The van der Waals surface area contributed by atoms with Crippen LogP contribution in [0.3, 0.4) is 0 Å². The number of halogens is 1. The third-order valence-corrected chi connectivity index (χ3v) is 2.24. The van der Waals surface area contributed by atoms with E-state index in [0.29, 0.717) is 16.1 Å². The first-order valence-electron chi connectivity index (χ1n) is 3.83. The molecular weight excluding hydrogens is 206 g/mol. The van der Waals surface area contributed by atoms with Gasteiger partial charge < -0.3 is 9.52 Å². The van der Waals surface area contributed by atoms with E-state index in [9.17, 15) is 4.79 Å². The van der Waals surface area contributed by atoms with Crippen molar-refractivity contribution >= 4 is 34.2 Å². The van der Waals surface area contributed by atoms with Gasteiger partial charge in [0.25, 0.3) is 0 Å². The molecule has 0 spiro atoms. The second-order valence-electron chi connectivity index (χ2n) is 2.73. The number of hydrogen-bond acceptors (Lipinski definition) is 2. The number of rotatable bonds is 1. The van der Waals surface area contributed by atoms with E-state index in [2.05, 4.69) is 5.32 Å². The largest absolute Gasteiger partial charge is 0.471 e. The first-order chi connectivity index (χ1) is 6.68. The fourth-order valence-corrected chi connectivity index (χ4v) is 1.48. The molecule has 1 aromatic carbocycles. The molecule has 2 rings (SSSR count). The number of benzene rings is 1. The molecule has 0 unspecified atom stereocenters. The molecule has 0 aliphatic rings. The van der Waals surface area contributed by atoms with Gasteiger partial charge in [0.05, 0.1) is 23.2 Å². The highest BCUT2D eigenvalue weighted by molar-refractivity contribution is 6.38. The van der Waals surface area contributed by atoms with E-state index in [1.54, 1.807) is 18.4 Å². The zero-order valence-corrected chi connectivity index (χ0v) is 7.71. The fraction of sp³-hybridized carbons (Fsp3) is 0. The van der Waals surface area contributed by atoms with E-state index in [-0.39, 0.29) is 0 Å². The molecule has 2 aromatic rings. The molecule has 4 nitrogen and oxygen atoms in total. The number of hydrogen-bond donors (Lipinski definition) is 2. The highest BCUT2D eigenvalue weighted by Gasteiger charge is 2.08. The lowest BCUT2D eigenvalue weighted by atomic mass is 10.2. The fourth-order valence-electron chi connectivity index (χ4n) is 1.22. The van der Waals surface area contributed by atoms with Crippen molar-refractivity contribution in [1.29, 1.82) is 0 Å². The van der Waals surface area contributed by atoms with Crippen LogP contribution in [-0.2, 0) is 0 Å². The molecule has 1 amide bonds. The monoisotopic (exact) mass is 211 g/mol. The Bertz CT molecular complexity index is 492. The van der Waals surface area contributed by atoms with Crippen LogP contribution in [-0.4, -0.2) is 11.2 Å². The zero-order chi connectivity index (χ0) is 10.1. The molecule has 14 heavy (non-hydrogen) atoms. The second kappa shape index (κ2) is 3.23. The van der Waals surface area contributed by atoms with Crippen molar-refractivity contribution in [2.75, 3.05) is 5.32 Å². The van der Waals surface area contributed by atoms with Crippen molar-refractivity contribution in [2.45, 2.75) is 0 Å². The zero-order valence-electron chi connectivity index (χ0n) is 6.95. The van der Waals surface area contributed by atoms with Gasteiger partial charge in [-0.15, -0.1) is 0 Å². The van der Waals surface area contributed by atoms with Crippen LogP contribution in [0.2, 0.25) is 5.02 Å². The van der Waals surface area contributed by atoms with Crippen molar-refractivity contribution in [3.05, 3.63) is 29.7 Å². The number of carboxylic acid groups (broad SMARTS) is 1. The minimum Gasteiger partial charge on any atom is -0.471 e. The Balaban J connectivity index is 2.56. The van der Waals surface area contributed by atoms with Crippen LogP contribution >= 0.6 is 11.6 Å². The molecular formula is C9H6ClNO3. The Morgan fingerprint density at radius 1 is 1.43 bits per heavy atom. The molecule has 0 atom stereocenters. The van der Waals surface area contributed by atoms with Gasteiger partial charge in [-0.05, 0) is 12.1 Å². The molecule has 0 fully saturated rings. The van der Waals surface area contributed by atoms with E-state index in [1.165, 1.54) is 6.26 Å². The Morgan fingerprint density at radius 3 is 2.93 bits per heavy atom. The number of anilines is 1. The van der Waals surface area contributed by atoms with Crippen LogP contribution < -0.4 is 5.32 Å². The maximum atomic E-state index is 10.4. The molecule has 0 saturated carbocycles. The van der Waals surface area contributed by atoms with Gasteiger partial charge in [-0.3, -0.25) is 5.32 Å². The molecule has 2 N–H and O–H groups in total. The number of carbonyl (C=O) groups is 1. The normalized spacial score (nSPS) is 10.4. The minimum atomic E-state index is -1.14. The quantitative estimate of drug-likeness (QED) is 0.762. The topological polar surface area (TPSA) is 62.5 Å². The van der Waals surface area contributed by atoms with Crippen LogP contribution in [0.4, 0.5) is 10.5 Å². The highest BCUT2D eigenvalue weighted by Crippen LogP contribution is 2.31. The van der Waals surface area contributed by atoms with Crippen LogP contribution in [0.5, 0.6) is 0 Å². The van der Waals surface area contributed by atoms with Crippen LogP contribution in [0.25, 0.3) is 10.8 Å². The van der Waals surface area contributed by atoms with E-state index >= 15 is 0 Å². The average molecular weight is 212 g/mol. The summed E-state index contributed by atoms with van der Waals surface area (Å²) in [5.74, 6) is 0. The van der Waals surface area contributed by atoms with Gasteiger partial charge in [0.15, 0.2) is 0 Å². The lowest BCUT2D eigenvalue weighted by Gasteiger charge is -2.03. The van der Waals surface area contributed by atoms with Crippen LogP contribution in [0.15, 0.2) is 29.1 Å². The van der Waals surface area contributed by atoms with Gasteiger partial charge in [-0.1, -0.05) is 11.6 Å². The first kappa shape index (κ1) is 8.90. The summed E-state index contributed by atoms with van der Waals surface area (Å²) in [4.78, 5) is 10.4. The predicted molar refractivity (Wildman–Crippen MR) is 52.9 cm³/mol. The first-order valence-corrected chi connectivity index (χ1v) is 4.20. The Labute approximate surface area is 84.1 Å². The Kier molecular flexibility index (Phi) is 2.05. The smallest absolute Gasteiger partial charge is 0.409 e. The van der Waals surface area contributed by atoms with E-state index in [4.69, 9.17) is 21.1 Å². The van der Waals surface area contributed by atoms with Crippen molar-refractivity contribution < 1.29 is 14.3 Å². The standard InChI is InChI=1S/C9H6ClNO3/c10-8-6-4-14-3-5(6)1-2-7(8)11-9(12)13/h1-4,11H,(H,12,13). The van der Waals surface area contributed by atoms with E-state index < -0.39 is 6.09 Å². The summed E-state index contributed by atoms with van der Waals surface area (Å²) in [6.45, 7) is 0. The predicted octanol–water partition coefficient (Wildman–Crippen LogP) is 3.18. The summed E-state index contributed by atoms with van der Waals surface area (Å²) in [6, 6.07) is 3.32. The maximum absolute atomic E-state index is 10.4. The summed E-state index contributed by atoms with van der Waals surface area (Å²) in [5.41, 5.74) is 0.355. The number of amides is 1. The Hall–Kier alpha value is -1.68. The van der Waals surface area contributed by atoms with Gasteiger partial charge in [-0.25, -0.2) is 4.79 Å². The van der Waals surface area contributed by atoms with Gasteiger partial charge in [0.1, 0.15) is 0 Å². The minimum absolute atomic E-state index is 0.346. The molecule has 72 valence electrons. The average Bonchev–Trinajstić information content (AvgIpc) is 2.57. The second-order valence-corrected chi connectivity index (χ2v) is 3.11. The van der Waals surface area contributed by atoms with Crippen molar-refractivity contribution in [3.8, 4) is 0 Å². The molecule has 0 saturated heterocycles. The van der Waals surface area contributed by atoms with Gasteiger partial charge in [0, 0.05) is 10.8 Å². The van der Waals surface area contributed by atoms with E-state index in [1.807, 2.05) is 0 Å². The number of nitrogens with one attached hydrogen (secondary N) is 1.